The second-order valence-electron chi connectivity index (χ2n) is 5.38. The minimum atomic E-state index is -0.205. The summed E-state index contributed by atoms with van der Waals surface area (Å²) >= 11 is 1.46. The molecular weight excluding hydrogens is 320 g/mol. The Morgan fingerprint density at radius 3 is 2.62 bits per heavy atom. The van der Waals surface area contributed by atoms with E-state index < -0.39 is 0 Å². The van der Waals surface area contributed by atoms with Gasteiger partial charge in [-0.3, -0.25) is 0 Å². The van der Waals surface area contributed by atoms with E-state index in [9.17, 15) is 10.1 Å². The fraction of sp³-hybridized carbons (Fsp3) is 0.389. The number of hydrogen-bond acceptors (Lipinski definition) is 4. The summed E-state index contributed by atoms with van der Waals surface area (Å²) in [4.78, 5) is 15.2. The molecule has 0 N–H and O–H groups in total. The number of benzene rings is 1. The predicted molar refractivity (Wildman–Crippen MR) is 95.3 cm³/mol. The van der Waals surface area contributed by atoms with Crippen molar-refractivity contribution in [2.75, 3.05) is 13.1 Å². The van der Waals surface area contributed by atoms with Crippen LogP contribution in [0.1, 0.15) is 37.5 Å². The van der Waals surface area contributed by atoms with Gasteiger partial charge in [0.05, 0.1) is 6.20 Å². The zero-order chi connectivity index (χ0) is 17.7. The van der Waals surface area contributed by atoms with E-state index in [1.807, 2.05) is 32.9 Å². The van der Waals surface area contributed by atoms with E-state index in [-0.39, 0.29) is 6.03 Å². The SMILES string of the molecule is CCc1cccc(C)c1Sc1nn(C(=O)N(CC)CC)cc1C#N. The summed E-state index contributed by atoms with van der Waals surface area (Å²) in [6.45, 7) is 9.21. The third-order valence-corrected chi connectivity index (χ3v) is 5.19. The highest BCUT2D eigenvalue weighted by molar-refractivity contribution is 7.99. The Hall–Kier alpha value is -2.26. The Labute approximate surface area is 147 Å². The maximum absolute atomic E-state index is 12.4. The van der Waals surface area contributed by atoms with Crippen LogP contribution in [0, 0.1) is 18.3 Å². The number of nitrogens with zero attached hydrogens (tertiary/aromatic N) is 4. The standard InChI is InChI=1S/C18H22N4OS/c1-5-14-10-8-9-13(4)16(14)24-17-15(11-19)12-22(20-17)18(23)21(6-2)7-3/h8-10,12H,5-7H2,1-4H3. The van der Waals surface area contributed by atoms with Crippen LogP contribution >= 0.6 is 11.8 Å². The van der Waals surface area contributed by atoms with Crippen LogP contribution in [0.15, 0.2) is 34.3 Å². The molecule has 0 radical (unpaired) electrons. The van der Waals surface area contributed by atoms with Gasteiger partial charge < -0.3 is 4.90 Å². The summed E-state index contributed by atoms with van der Waals surface area (Å²) < 4.78 is 1.28. The average molecular weight is 342 g/mol. The molecule has 1 aromatic carbocycles. The van der Waals surface area contributed by atoms with Gasteiger partial charge in [0.2, 0.25) is 0 Å². The third kappa shape index (κ3) is 3.62. The molecule has 2 aromatic rings. The molecular formula is C18H22N4OS. The van der Waals surface area contributed by atoms with Crippen LogP contribution in [-0.4, -0.2) is 33.8 Å². The molecule has 0 spiro atoms. The molecule has 0 aliphatic carbocycles. The number of nitriles is 1. The first-order valence-corrected chi connectivity index (χ1v) is 8.92. The van der Waals surface area contributed by atoms with Crippen LogP contribution in [-0.2, 0) is 6.42 Å². The Bertz CT molecular complexity index is 772. The highest BCUT2D eigenvalue weighted by Gasteiger charge is 2.19. The summed E-state index contributed by atoms with van der Waals surface area (Å²) in [5.41, 5.74) is 2.78. The fourth-order valence-corrected chi connectivity index (χ4v) is 3.58. The highest BCUT2D eigenvalue weighted by atomic mass is 32.2. The molecule has 0 fully saturated rings. The second-order valence-corrected chi connectivity index (χ2v) is 6.38. The first-order valence-electron chi connectivity index (χ1n) is 8.11. The second kappa shape index (κ2) is 8.02. The van der Waals surface area contributed by atoms with Crippen molar-refractivity contribution in [3.8, 4) is 6.07 Å². The quantitative estimate of drug-likeness (QED) is 0.821. The Morgan fingerprint density at radius 1 is 1.33 bits per heavy atom. The summed E-state index contributed by atoms with van der Waals surface area (Å²) in [5, 5.41) is 14.3. The Morgan fingerprint density at radius 2 is 2.04 bits per heavy atom. The molecule has 0 atom stereocenters. The van der Waals surface area contributed by atoms with Gasteiger partial charge in [-0.15, -0.1) is 0 Å². The molecule has 6 heteroatoms. The summed E-state index contributed by atoms with van der Waals surface area (Å²) in [6, 6.07) is 8.11. The zero-order valence-corrected chi connectivity index (χ0v) is 15.4. The van der Waals surface area contributed by atoms with E-state index in [1.54, 1.807) is 4.90 Å². The van der Waals surface area contributed by atoms with Crippen LogP contribution in [0.3, 0.4) is 0 Å². The first kappa shape index (κ1) is 18.1. The highest BCUT2D eigenvalue weighted by Crippen LogP contribution is 2.34. The molecule has 0 saturated heterocycles. The maximum atomic E-state index is 12.4. The van der Waals surface area contributed by atoms with Crippen molar-refractivity contribution in [2.45, 2.75) is 44.0 Å². The van der Waals surface area contributed by atoms with Gasteiger partial charge >= 0.3 is 6.03 Å². The van der Waals surface area contributed by atoms with Crippen LogP contribution < -0.4 is 0 Å². The number of aromatic nitrogens is 2. The lowest BCUT2D eigenvalue weighted by molar-refractivity contribution is 0.201. The van der Waals surface area contributed by atoms with E-state index >= 15 is 0 Å². The first-order chi connectivity index (χ1) is 11.5. The number of rotatable bonds is 5. The van der Waals surface area contributed by atoms with Crippen molar-refractivity contribution >= 4 is 17.8 Å². The molecule has 1 aromatic heterocycles. The maximum Gasteiger partial charge on any atom is 0.344 e. The van der Waals surface area contributed by atoms with Crippen LogP contribution in [0.4, 0.5) is 4.79 Å². The number of hydrogen-bond donors (Lipinski definition) is 0. The van der Waals surface area contributed by atoms with Gasteiger partial charge in [0.1, 0.15) is 16.7 Å². The van der Waals surface area contributed by atoms with Gasteiger partial charge in [0.15, 0.2) is 0 Å². The van der Waals surface area contributed by atoms with Gasteiger partial charge in [-0.25, -0.2) is 4.79 Å². The normalized spacial score (nSPS) is 10.5. The molecule has 0 saturated carbocycles. The monoisotopic (exact) mass is 342 g/mol. The molecule has 1 heterocycles. The van der Waals surface area contributed by atoms with Crippen LogP contribution in [0.2, 0.25) is 0 Å². The van der Waals surface area contributed by atoms with Crippen molar-refractivity contribution in [1.82, 2.24) is 14.7 Å². The van der Waals surface area contributed by atoms with E-state index in [1.165, 1.54) is 28.2 Å². The predicted octanol–water partition coefficient (Wildman–Crippen LogP) is 4.09. The third-order valence-electron chi connectivity index (χ3n) is 3.90. The van der Waals surface area contributed by atoms with Gasteiger partial charge in [-0.1, -0.05) is 36.9 Å². The van der Waals surface area contributed by atoms with E-state index in [0.29, 0.717) is 23.7 Å². The minimum absolute atomic E-state index is 0.205. The smallest absolute Gasteiger partial charge is 0.323 e. The summed E-state index contributed by atoms with van der Waals surface area (Å²) in [7, 11) is 0. The summed E-state index contributed by atoms with van der Waals surface area (Å²) in [5.74, 6) is 0. The number of amides is 1. The zero-order valence-electron chi connectivity index (χ0n) is 14.5. The minimum Gasteiger partial charge on any atom is -0.323 e. The van der Waals surface area contributed by atoms with Crippen molar-refractivity contribution < 1.29 is 4.79 Å². The molecule has 0 aliphatic heterocycles. The van der Waals surface area contributed by atoms with E-state index in [4.69, 9.17) is 0 Å². The Balaban J connectivity index is 2.39. The van der Waals surface area contributed by atoms with Gasteiger partial charge in [0.25, 0.3) is 0 Å². The Kier molecular flexibility index (Phi) is 6.04. The lowest BCUT2D eigenvalue weighted by atomic mass is 10.1. The van der Waals surface area contributed by atoms with Gasteiger partial charge in [-0.2, -0.15) is 15.0 Å². The molecule has 0 unspecified atom stereocenters. The van der Waals surface area contributed by atoms with Crippen LogP contribution in [0.25, 0.3) is 0 Å². The molecule has 126 valence electrons. The largest absolute Gasteiger partial charge is 0.344 e. The van der Waals surface area contributed by atoms with Crippen molar-refractivity contribution in [1.29, 1.82) is 5.26 Å². The molecule has 5 nitrogen and oxygen atoms in total. The van der Waals surface area contributed by atoms with Crippen molar-refractivity contribution in [2.24, 2.45) is 0 Å². The molecule has 0 aliphatic rings. The van der Waals surface area contributed by atoms with Crippen LogP contribution in [0.5, 0.6) is 0 Å². The van der Waals surface area contributed by atoms with Gasteiger partial charge in [-0.05, 0) is 38.3 Å². The van der Waals surface area contributed by atoms with Crippen molar-refractivity contribution in [3.05, 3.63) is 41.1 Å². The summed E-state index contributed by atoms with van der Waals surface area (Å²) in [6.07, 6.45) is 2.43. The average Bonchev–Trinajstić information content (AvgIpc) is 3.00. The van der Waals surface area contributed by atoms with Gasteiger partial charge in [0, 0.05) is 18.0 Å². The molecule has 0 bridgehead atoms. The van der Waals surface area contributed by atoms with E-state index in [0.717, 1.165) is 16.9 Å². The topological polar surface area (TPSA) is 61.9 Å². The number of aryl methyl sites for hydroxylation is 2. The van der Waals surface area contributed by atoms with Crippen molar-refractivity contribution in [3.63, 3.8) is 0 Å². The number of carbonyl (C=O) groups is 1. The molecule has 2 rings (SSSR count). The lowest BCUT2D eigenvalue weighted by Crippen LogP contribution is -2.34. The number of carbonyl (C=O) groups excluding carboxylic acids is 1. The molecule has 1 amide bonds. The lowest BCUT2D eigenvalue weighted by Gasteiger charge is -2.17. The fourth-order valence-electron chi connectivity index (χ4n) is 2.48. The van der Waals surface area contributed by atoms with E-state index in [2.05, 4.69) is 24.2 Å². The molecule has 24 heavy (non-hydrogen) atoms.